The summed E-state index contributed by atoms with van der Waals surface area (Å²) in [6.07, 6.45) is 5.48. The third-order valence-corrected chi connectivity index (χ3v) is 1.91. The lowest BCUT2D eigenvalue weighted by Crippen LogP contribution is -2.08. The molecule has 2 nitrogen and oxygen atoms in total. The van der Waals surface area contributed by atoms with Gasteiger partial charge in [-0.05, 0) is 24.1 Å². The van der Waals surface area contributed by atoms with E-state index >= 15 is 0 Å². The van der Waals surface area contributed by atoms with Gasteiger partial charge in [0, 0.05) is 6.42 Å². The Bertz CT molecular complexity index is 367. The number of nitrogens with zero attached hydrogens (tertiary/aromatic N) is 1. The predicted molar refractivity (Wildman–Crippen MR) is 54.3 cm³/mol. The van der Waals surface area contributed by atoms with Crippen molar-refractivity contribution in [2.75, 3.05) is 0 Å². The molecule has 0 aliphatic heterocycles. The minimum atomic E-state index is -0.493. The zero-order valence-electron chi connectivity index (χ0n) is 7.77. The molecule has 14 heavy (non-hydrogen) atoms. The molecule has 2 heteroatoms. The molecule has 0 radical (unpaired) electrons. The van der Waals surface area contributed by atoms with Crippen LogP contribution in [0.1, 0.15) is 17.5 Å². The summed E-state index contributed by atoms with van der Waals surface area (Å²) in [6, 6.07) is 9.17. The van der Waals surface area contributed by atoms with E-state index in [1.165, 1.54) is 0 Å². The fraction of sp³-hybridized carbons (Fsp3) is 0.250. The minimum absolute atomic E-state index is 0.361. The van der Waals surface area contributed by atoms with E-state index in [1.54, 1.807) is 12.1 Å². The van der Waals surface area contributed by atoms with Crippen molar-refractivity contribution in [3.63, 3.8) is 0 Å². The van der Waals surface area contributed by atoms with E-state index in [0.29, 0.717) is 18.4 Å². The van der Waals surface area contributed by atoms with Crippen molar-refractivity contribution < 1.29 is 5.11 Å². The molecule has 0 heterocycles. The molecule has 0 bridgehead atoms. The highest BCUT2D eigenvalue weighted by atomic mass is 16.3. The highest BCUT2D eigenvalue weighted by molar-refractivity contribution is 5.31. The summed E-state index contributed by atoms with van der Waals surface area (Å²) in [6.45, 7) is 0. The first-order valence-corrected chi connectivity index (χ1v) is 4.37. The minimum Gasteiger partial charge on any atom is -0.392 e. The van der Waals surface area contributed by atoms with E-state index in [2.05, 4.69) is 5.92 Å². The largest absolute Gasteiger partial charge is 0.392 e. The summed E-state index contributed by atoms with van der Waals surface area (Å²) in [5.74, 6) is 2.41. The monoisotopic (exact) mass is 185 g/mol. The molecule has 0 amide bonds. The molecule has 0 aliphatic rings. The first kappa shape index (κ1) is 10.3. The van der Waals surface area contributed by atoms with Gasteiger partial charge in [-0.15, -0.1) is 12.3 Å². The first-order valence-electron chi connectivity index (χ1n) is 4.37. The Morgan fingerprint density at radius 1 is 1.36 bits per heavy atom. The maximum absolute atomic E-state index is 9.42. The van der Waals surface area contributed by atoms with Gasteiger partial charge in [0.05, 0.1) is 17.7 Å². The van der Waals surface area contributed by atoms with Crippen molar-refractivity contribution in [3.05, 3.63) is 35.4 Å². The summed E-state index contributed by atoms with van der Waals surface area (Å²) in [5, 5.41) is 18.0. The lowest BCUT2D eigenvalue weighted by molar-refractivity contribution is 0.181. The number of benzene rings is 1. The normalized spacial score (nSPS) is 11.4. The van der Waals surface area contributed by atoms with Crippen molar-refractivity contribution in [1.82, 2.24) is 0 Å². The molecule has 0 saturated carbocycles. The van der Waals surface area contributed by atoms with E-state index in [-0.39, 0.29) is 0 Å². The average Bonchev–Trinajstić information content (AvgIpc) is 2.19. The van der Waals surface area contributed by atoms with Crippen LogP contribution in [0.4, 0.5) is 0 Å². The fourth-order valence-corrected chi connectivity index (χ4v) is 1.20. The molecular weight excluding hydrogens is 174 g/mol. The van der Waals surface area contributed by atoms with Crippen LogP contribution >= 0.6 is 0 Å². The van der Waals surface area contributed by atoms with Crippen LogP contribution in [0.15, 0.2) is 24.3 Å². The van der Waals surface area contributed by atoms with Crippen molar-refractivity contribution >= 4 is 0 Å². The van der Waals surface area contributed by atoms with E-state index < -0.39 is 6.10 Å². The van der Waals surface area contributed by atoms with E-state index in [4.69, 9.17) is 11.7 Å². The lowest BCUT2D eigenvalue weighted by Gasteiger charge is -2.06. The second-order valence-electron chi connectivity index (χ2n) is 3.07. The zero-order valence-corrected chi connectivity index (χ0v) is 7.77. The van der Waals surface area contributed by atoms with Gasteiger partial charge in [-0.3, -0.25) is 0 Å². The van der Waals surface area contributed by atoms with Gasteiger partial charge in [-0.25, -0.2) is 0 Å². The molecule has 0 aromatic heterocycles. The first-order chi connectivity index (χ1) is 6.76. The van der Waals surface area contributed by atoms with Gasteiger partial charge in [0.15, 0.2) is 0 Å². The lowest BCUT2D eigenvalue weighted by atomic mass is 10.0. The molecule has 1 atom stereocenters. The maximum Gasteiger partial charge on any atom is 0.0991 e. The number of terminal acetylenes is 1. The van der Waals surface area contributed by atoms with Gasteiger partial charge in [0.2, 0.25) is 0 Å². The van der Waals surface area contributed by atoms with Crippen molar-refractivity contribution in [1.29, 1.82) is 5.26 Å². The van der Waals surface area contributed by atoms with Gasteiger partial charge in [-0.1, -0.05) is 12.1 Å². The second kappa shape index (κ2) is 5.07. The Morgan fingerprint density at radius 2 is 2.00 bits per heavy atom. The average molecular weight is 185 g/mol. The fourth-order valence-electron chi connectivity index (χ4n) is 1.20. The summed E-state index contributed by atoms with van der Waals surface area (Å²) >= 11 is 0. The maximum atomic E-state index is 9.42. The number of aliphatic hydroxyl groups is 1. The Balaban J connectivity index is 2.61. The molecule has 0 aliphatic carbocycles. The number of aliphatic hydroxyl groups excluding tert-OH is 1. The second-order valence-corrected chi connectivity index (χ2v) is 3.07. The number of nitriles is 1. The van der Waals surface area contributed by atoms with Crippen LogP contribution < -0.4 is 0 Å². The van der Waals surface area contributed by atoms with Crippen molar-refractivity contribution in [3.8, 4) is 18.4 Å². The predicted octanol–water partition coefficient (Wildman–Crippen LogP) is 1.48. The zero-order chi connectivity index (χ0) is 10.4. The van der Waals surface area contributed by atoms with Crippen LogP contribution in [0.25, 0.3) is 0 Å². The summed E-state index contributed by atoms with van der Waals surface area (Å²) in [7, 11) is 0. The summed E-state index contributed by atoms with van der Waals surface area (Å²) < 4.78 is 0. The molecule has 70 valence electrons. The molecule has 0 saturated heterocycles. The Morgan fingerprint density at radius 3 is 2.50 bits per heavy atom. The van der Waals surface area contributed by atoms with Gasteiger partial charge >= 0.3 is 0 Å². The van der Waals surface area contributed by atoms with Crippen molar-refractivity contribution in [2.45, 2.75) is 18.9 Å². The third kappa shape index (κ3) is 2.94. The quantitative estimate of drug-likeness (QED) is 0.725. The molecule has 1 N–H and O–H groups in total. The van der Waals surface area contributed by atoms with Crippen LogP contribution in [0.3, 0.4) is 0 Å². The van der Waals surface area contributed by atoms with Gasteiger partial charge in [0.1, 0.15) is 0 Å². The highest BCUT2D eigenvalue weighted by Gasteiger charge is 2.03. The standard InChI is InChI=1S/C12H11NO/c1-2-3-12(14)8-10-4-6-11(9-13)7-5-10/h1,4-7,12,14H,3,8H2. The van der Waals surface area contributed by atoms with Gasteiger partial charge in [-0.2, -0.15) is 5.26 Å². The number of rotatable bonds is 3. The van der Waals surface area contributed by atoms with Gasteiger partial charge < -0.3 is 5.11 Å². The topological polar surface area (TPSA) is 44.0 Å². The van der Waals surface area contributed by atoms with Crippen LogP contribution in [-0.2, 0) is 6.42 Å². The Labute approximate surface area is 83.8 Å². The molecule has 1 rings (SSSR count). The SMILES string of the molecule is C#CCC(O)Cc1ccc(C#N)cc1. The molecule has 1 aromatic carbocycles. The van der Waals surface area contributed by atoms with Crippen LogP contribution in [0.2, 0.25) is 0 Å². The van der Waals surface area contributed by atoms with Gasteiger partial charge in [0.25, 0.3) is 0 Å². The number of hydrogen-bond donors (Lipinski definition) is 1. The summed E-state index contributed by atoms with van der Waals surface area (Å²) in [4.78, 5) is 0. The van der Waals surface area contributed by atoms with Crippen LogP contribution in [-0.4, -0.2) is 11.2 Å². The highest BCUT2D eigenvalue weighted by Crippen LogP contribution is 2.07. The van der Waals surface area contributed by atoms with Crippen LogP contribution in [0, 0.1) is 23.7 Å². The van der Waals surface area contributed by atoms with E-state index in [0.717, 1.165) is 5.56 Å². The summed E-state index contributed by atoms with van der Waals surface area (Å²) in [5.41, 5.74) is 1.62. The molecule has 1 unspecified atom stereocenters. The van der Waals surface area contributed by atoms with E-state index in [9.17, 15) is 5.11 Å². The number of hydrogen-bond acceptors (Lipinski definition) is 2. The molecule has 0 fully saturated rings. The Kier molecular flexibility index (Phi) is 3.73. The smallest absolute Gasteiger partial charge is 0.0991 e. The molecular formula is C12H11NO. The third-order valence-electron chi connectivity index (χ3n) is 1.91. The van der Waals surface area contributed by atoms with Crippen LogP contribution in [0.5, 0.6) is 0 Å². The Hall–Kier alpha value is -1.77. The van der Waals surface area contributed by atoms with E-state index in [1.807, 2.05) is 18.2 Å². The van der Waals surface area contributed by atoms with Crippen molar-refractivity contribution in [2.24, 2.45) is 0 Å². The molecule has 0 spiro atoms. The molecule has 1 aromatic rings.